The molecule has 0 radical (unpaired) electrons. The van der Waals surface area contributed by atoms with Gasteiger partial charge in [-0.15, -0.1) is 0 Å². The molecule has 1 fully saturated rings. The van der Waals surface area contributed by atoms with Crippen molar-refractivity contribution < 1.29 is 4.92 Å². The molecular weight excluding hydrogens is 244 g/mol. The maximum absolute atomic E-state index is 10.7. The summed E-state index contributed by atoms with van der Waals surface area (Å²) in [7, 11) is 0. The number of nitriles is 1. The fourth-order valence-electron chi connectivity index (χ4n) is 2.22. The number of hydrogen-bond donors (Lipinski definition) is 2. The number of benzene rings is 1. The van der Waals surface area contributed by atoms with Gasteiger partial charge in [-0.1, -0.05) is 6.42 Å². The van der Waals surface area contributed by atoms with Crippen molar-refractivity contribution in [2.75, 3.05) is 18.4 Å². The van der Waals surface area contributed by atoms with Crippen LogP contribution in [-0.4, -0.2) is 24.1 Å². The quantitative estimate of drug-likeness (QED) is 0.638. The van der Waals surface area contributed by atoms with Crippen molar-refractivity contribution in [2.45, 2.75) is 25.3 Å². The zero-order valence-electron chi connectivity index (χ0n) is 10.6. The Morgan fingerprint density at radius 1 is 1.53 bits per heavy atom. The summed E-state index contributed by atoms with van der Waals surface area (Å²) in [6.45, 7) is 1.75. The molecule has 1 aliphatic rings. The van der Waals surface area contributed by atoms with Crippen LogP contribution in [-0.2, 0) is 0 Å². The Hall–Kier alpha value is -2.13. The van der Waals surface area contributed by atoms with Crippen LogP contribution in [0.2, 0.25) is 0 Å². The number of nitrogens with one attached hydrogen (secondary N) is 2. The van der Waals surface area contributed by atoms with E-state index in [1.165, 1.54) is 25.0 Å². The van der Waals surface area contributed by atoms with Gasteiger partial charge in [0.25, 0.3) is 5.69 Å². The standard InChI is InChI=1S/C13H16N4O2/c14-8-10-7-12(17(18)19)4-5-13(10)16-9-11-3-1-2-6-15-11/h4-5,7,11,15-16H,1-3,6,9H2. The predicted molar refractivity (Wildman–Crippen MR) is 71.9 cm³/mol. The lowest BCUT2D eigenvalue weighted by molar-refractivity contribution is -0.384. The van der Waals surface area contributed by atoms with E-state index in [1.54, 1.807) is 6.07 Å². The number of nitro groups is 1. The Bertz CT molecular complexity index is 504. The predicted octanol–water partition coefficient (Wildman–Crippen LogP) is 2.02. The third-order valence-corrected chi connectivity index (χ3v) is 3.29. The molecule has 2 rings (SSSR count). The fourth-order valence-corrected chi connectivity index (χ4v) is 2.22. The molecule has 6 heteroatoms. The van der Waals surface area contributed by atoms with Gasteiger partial charge in [0.1, 0.15) is 6.07 Å². The zero-order chi connectivity index (χ0) is 13.7. The Morgan fingerprint density at radius 2 is 2.37 bits per heavy atom. The van der Waals surface area contributed by atoms with Crippen LogP contribution in [0.15, 0.2) is 18.2 Å². The molecule has 6 nitrogen and oxygen atoms in total. The van der Waals surface area contributed by atoms with E-state index in [-0.39, 0.29) is 5.69 Å². The van der Waals surface area contributed by atoms with Gasteiger partial charge in [-0.25, -0.2) is 0 Å². The average Bonchev–Trinajstić information content (AvgIpc) is 2.45. The number of rotatable bonds is 4. The third-order valence-electron chi connectivity index (χ3n) is 3.29. The minimum Gasteiger partial charge on any atom is -0.382 e. The van der Waals surface area contributed by atoms with Crippen molar-refractivity contribution >= 4 is 11.4 Å². The first-order chi connectivity index (χ1) is 9.20. The summed E-state index contributed by atoms with van der Waals surface area (Å²) >= 11 is 0. The number of non-ortho nitro benzene ring substituents is 1. The molecule has 1 aliphatic heterocycles. The highest BCUT2D eigenvalue weighted by Crippen LogP contribution is 2.21. The smallest absolute Gasteiger partial charge is 0.270 e. The summed E-state index contributed by atoms with van der Waals surface area (Å²) in [6, 6.07) is 6.70. The van der Waals surface area contributed by atoms with Crippen LogP contribution in [0.4, 0.5) is 11.4 Å². The van der Waals surface area contributed by atoms with Gasteiger partial charge in [0.2, 0.25) is 0 Å². The Labute approximate surface area is 111 Å². The van der Waals surface area contributed by atoms with Gasteiger partial charge in [-0.3, -0.25) is 10.1 Å². The number of piperidine rings is 1. The van der Waals surface area contributed by atoms with Crippen LogP contribution in [0, 0.1) is 21.4 Å². The molecule has 0 spiro atoms. The van der Waals surface area contributed by atoms with E-state index in [0.717, 1.165) is 19.5 Å². The van der Waals surface area contributed by atoms with Crippen LogP contribution in [0.25, 0.3) is 0 Å². The molecule has 1 aromatic rings. The van der Waals surface area contributed by atoms with Crippen LogP contribution in [0.5, 0.6) is 0 Å². The topological polar surface area (TPSA) is 91.0 Å². The largest absolute Gasteiger partial charge is 0.382 e. The zero-order valence-corrected chi connectivity index (χ0v) is 10.6. The van der Waals surface area contributed by atoms with Gasteiger partial charge < -0.3 is 10.6 Å². The maximum Gasteiger partial charge on any atom is 0.270 e. The van der Waals surface area contributed by atoms with E-state index in [9.17, 15) is 10.1 Å². The number of nitro benzene ring substituents is 1. The first-order valence-electron chi connectivity index (χ1n) is 6.36. The summed E-state index contributed by atoms with van der Waals surface area (Å²) in [4.78, 5) is 10.2. The van der Waals surface area contributed by atoms with Crippen molar-refractivity contribution in [3.63, 3.8) is 0 Å². The van der Waals surface area contributed by atoms with Crippen molar-refractivity contribution in [1.82, 2.24) is 5.32 Å². The van der Waals surface area contributed by atoms with Gasteiger partial charge in [-0.2, -0.15) is 5.26 Å². The van der Waals surface area contributed by atoms with Crippen LogP contribution < -0.4 is 10.6 Å². The molecule has 1 aromatic carbocycles. The van der Waals surface area contributed by atoms with E-state index in [2.05, 4.69) is 10.6 Å². The molecule has 0 aromatic heterocycles. The molecular formula is C13H16N4O2. The molecule has 19 heavy (non-hydrogen) atoms. The average molecular weight is 260 g/mol. The minimum absolute atomic E-state index is 0.0575. The molecule has 0 saturated carbocycles. The molecule has 0 bridgehead atoms. The fraction of sp³-hybridized carbons (Fsp3) is 0.462. The lowest BCUT2D eigenvalue weighted by Gasteiger charge is -2.24. The van der Waals surface area contributed by atoms with Crippen LogP contribution in [0.3, 0.4) is 0 Å². The van der Waals surface area contributed by atoms with E-state index in [1.807, 2.05) is 6.07 Å². The summed E-state index contributed by atoms with van der Waals surface area (Å²) in [5.74, 6) is 0. The highest BCUT2D eigenvalue weighted by Gasteiger charge is 2.14. The summed E-state index contributed by atoms with van der Waals surface area (Å²) < 4.78 is 0. The molecule has 1 unspecified atom stereocenters. The van der Waals surface area contributed by atoms with Crippen LogP contribution in [0.1, 0.15) is 24.8 Å². The second-order valence-corrected chi connectivity index (χ2v) is 4.63. The second-order valence-electron chi connectivity index (χ2n) is 4.63. The second kappa shape index (κ2) is 6.16. The molecule has 1 atom stereocenters. The van der Waals surface area contributed by atoms with Gasteiger partial charge >= 0.3 is 0 Å². The summed E-state index contributed by atoms with van der Waals surface area (Å²) in [6.07, 6.45) is 3.53. The highest BCUT2D eigenvalue weighted by molar-refractivity contribution is 5.61. The first-order valence-corrected chi connectivity index (χ1v) is 6.36. The lowest BCUT2D eigenvalue weighted by atomic mass is 10.0. The lowest BCUT2D eigenvalue weighted by Crippen LogP contribution is -2.39. The molecule has 100 valence electrons. The van der Waals surface area contributed by atoms with E-state index >= 15 is 0 Å². The van der Waals surface area contributed by atoms with Crippen molar-refractivity contribution in [1.29, 1.82) is 5.26 Å². The minimum atomic E-state index is -0.493. The SMILES string of the molecule is N#Cc1cc([N+](=O)[O-])ccc1NCC1CCCCN1. The van der Waals surface area contributed by atoms with Crippen molar-refractivity contribution in [2.24, 2.45) is 0 Å². The molecule has 1 heterocycles. The summed E-state index contributed by atoms with van der Waals surface area (Å²) in [5, 5.41) is 26.3. The highest BCUT2D eigenvalue weighted by atomic mass is 16.6. The van der Waals surface area contributed by atoms with Crippen LogP contribution >= 0.6 is 0 Å². The Balaban J connectivity index is 2.03. The third kappa shape index (κ3) is 3.42. The molecule has 0 aliphatic carbocycles. The maximum atomic E-state index is 10.7. The number of nitrogens with zero attached hydrogens (tertiary/aromatic N) is 2. The Kier molecular flexibility index (Phi) is 4.31. The monoisotopic (exact) mass is 260 g/mol. The van der Waals surface area contributed by atoms with Gasteiger partial charge in [0.05, 0.1) is 16.2 Å². The van der Waals surface area contributed by atoms with Gasteiger partial charge in [-0.05, 0) is 25.5 Å². The number of anilines is 1. The molecule has 0 amide bonds. The van der Waals surface area contributed by atoms with E-state index < -0.39 is 4.92 Å². The number of hydrogen-bond acceptors (Lipinski definition) is 5. The molecule has 2 N–H and O–H groups in total. The van der Waals surface area contributed by atoms with E-state index in [0.29, 0.717) is 17.3 Å². The van der Waals surface area contributed by atoms with Gasteiger partial charge in [0.15, 0.2) is 0 Å². The Morgan fingerprint density at radius 3 is 3.00 bits per heavy atom. The first kappa shape index (κ1) is 13.3. The van der Waals surface area contributed by atoms with E-state index in [4.69, 9.17) is 5.26 Å². The summed E-state index contributed by atoms with van der Waals surface area (Å²) in [5.41, 5.74) is 0.906. The van der Waals surface area contributed by atoms with Gasteiger partial charge in [0, 0.05) is 24.7 Å². The normalized spacial score (nSPS) is 18.6. The molecule has 1 saturated heterocycles. The van der Waals surface area contributed by atoms with Crippen molar-refractivity contribution in [3.05, 3.63) is 33.9 Å². The van der Waals surface area contributed by atoms with Crippen molar-refractivity contribution in [3.8, 4) is 6.07 Å².